The Bertz CT molecular complexity index is 1280. The summed E-state index contributed by atoms with van der Waals surface area (Å²) in [5, 5.41) is 5.89. The summed E-state index contributed by atoms with van der Waals surface area (Å²) >= 11 is 3.67. The molecule has 0 spiro atoms. The van der Waals surface area contributed by atoms with Gasteiger partial charge in [0, 0.05) is 54.8 Å². The number of carbonyl (C=O) groups excluding carboxylic acids is 1. The van der Waals surface area contributed by atoms with Gasteiger partial charge in [-0.25, -0.2) is 9.48 Å². The van der Waals surface area contributed by atoms with Crippen LogP contribution in [0.2, 0.25) is 25.7 Å². The molecule has 1 fully saturated rings. The molecule has 0 unspecified atom stereocenters. The maximum Gasteiger partial charge on any atom is 0.410 e. The van der Waals surface area contributed by atoms with Gasteiger partial charge in [0.05, 0.1) is 18.7 Å². The fourth-order valence-corrected chi connectivity index (χ4v) is 6.32. The van der Waals surface area contributed by atoms with E-state index in [9.17, 15) is 4.79 Å². The minimum Gasteiger partial charge on any atom is -0.444 e. The van der Waals surface area contributed by atoms with E-state index in [1.54, 1.807) is 0 Å². The van der Waals surface area contributed by atoms with Crippen molar-refractivity contribution < 1.29 is 19.0 Å². The Labute approximate surface area is 248 Å². The molecule has 0 saturated carbocycles. The van der Waals surface area contributed by atoms with Crippen LogP contribution in [0.3, 0.4) is 0 Å². The SMILES string of the molecule is CC(C)(C)OC(=O)N1CCC(COCc2cc(Br)cc3cn(COCC[Si](C)(C)C)nc23)(c2ccccc2)CC1. The first-order valence-electron chi connectivity index (χ1n) is 14.2. The minimum absolute atomic E-state index is 0.172. The van der Waals surface area contributed by atoms with Gasteiger partial charge in [0.2, 0.25) is 0 Å². The minimum atomic E-state index is -1.13. The van der Waals surface area contributed by atoms with E-state index in [0.29, 0.717) is 33.0 Å². The monoisotopic (exact) mass is 629 g/mol. The number of ether oxygens (including phenoxy) is 3. The van der Waals surface area contributed by atoms with E-state index in [1.807, 2.05) is 42.6 Å². The van der Waals surface area contributed by atoms with Crippen LogP contribution in [0.5, 0.6) is 0 Å². The molecule has 0 atom stereocenters. The first-order valence-corrected chi connectivity index (χ1v) is 18.7. The molecule has 0 radical (unpaired) electrons. The lowest BCUT2D eigenvalue weighted by molar-refractivity contribution is 0.00341. The molecule has 4 rings (SSSR count). The molecule has 1 amide bonds. The Morgan fingerprint density at radius 3 is 2.42 bits per heavy atom. The fourth-order valence-electron chi connectivity index (χ4n) is 5.04. The Morgan fingerprint density at radius 1 is 1.07 bits per heavy atom. The van der Waals surface area contributed by atoms with Crippen LogP contribution >= 0.6 is 15.9 Å². The first kappa shape index (κ1) is 30.7. The number of hydrogen-bond donors (Lipinski definition) is 0. The van der Waals surface area contributed by atoms with Crippen LogP contribution in [0.4, 0.5) is 4.79 Å². The van der Waals surface area contributed by atoms with Gasteiger partial charge >= 0.3 is 6.09 Å². The van der Waals surface area contributed by atoms with Crippen molar-refractivity contribution in [3.63, 3.8) is 0 Å². The van der Waals surface area contributed by atoms with Crippen LogP contribution in [-0.4, -0.2) is 60.8 Å². The predicted molar refractivity (Wildman–Crippen MR) is 166 cm³/mol. The highest BCUT2D eigenvalue weighted by atomic mass is 79.9. The zero-order valence-corrected chi connectivity index (χ0v) is 27.4. The summed E-state index contributed by atoms with van der Waals surface area (Å²) in [6.45, 7) is 16.3. The zero-order chi connectivity index (χ0) is 29.0. The first-order chi connectivity index (χ1) is 18.8. The maximum atomic E-state index is 12.7. The molecule has 3 aromatic rings. The summed E-state index contributed by atoms with van der Waals surface area (Å²) in [7, 11) is -1.13. The summed E-state index contributed by atoms with van der Waals surface area (Å²) in [6, 6.07) is 15.9. The van der Waals surface area contributed by atoms with Crippen LogP contribution in [0.1, 0.15) is 44.7 Å². The zero-order valence-electron chi connectivity index (χ0n) is 24.8. The summed E-state index contributed by atoms with van der Waals surface area (Å²) in [5.41, 5.74) is 2.55. The summed E-state index contributed by atoms with van der Waals surface area (Å²) < 4.78 is 20.9. The molecule has 0 N–H and O–H groups in total. The molecule has 2 aromatic carbocycles. The van der Waals surface area contributed by atoms with Gasteiger partial charge in [-0.1, -0.05) is 65.9 Å². The lowest BCUT2D eigenvalue weighted by Gasteiger charge is -2.42. The highest BCUT2D eigenvalue weighted by Gasteiger charge is 2.38. The second-order valence-electron chi connectivity index (χ2n) is 13.1. The molecule has 0 bridgehead atoms. The van der Waals surface area contributed by atoms with E-state index in [0.717, 1.165) is 46.4 Å². The number of carbonyl (C=O) groups is 1. The Hall–Kier alpha value is -2.20. The molecule has 1 saturated heterocycles. The van der Waals surface area contributed by atoms with Gasteiger partial charge in [0.15, 0.2) is 0 Å². The molecule has 40 heavy (non-hydrogen) atoms. The topological polar surface area (TPSA) is 65.8 Å². The largest absolute Gasteiger partial charge is 0.444 e. The molecule has 2 heterocycles. The van der Waals surface area contributed by atoms with Crippen LogP contribution in [-0.2, 0) is 33.0 Å². The number of fused-ring (bicyclic) bond motifs is 1. The number of halogens is 1. The summed E-state index contributed by atoms with van der Waals surface area (Å²) in [5.74, 6) is 0. The maximum absolute atomic E-state index is 12.7. The number of benzene rings is 2. The number of likely N-dealkylation sites (tertiary alicyclic amines) is 1. The number of rotatable bonds is 10. The van der Waals surface area contributed by atoms with E-state index in [2.05, 4.69) is 72.0 Å². The van der Waals surface area contributed by atoms with Crippen molar-refractivity contribution >= 4 is 41.0 Å². The highest BCUT2D eigenvalue weighted by Crippen LogP contribution is 2.37. The number of nitrogens with zero attached hydrogens (tertiary/aromatic N) is 3. The van der Waals surface area contributed by atoms with Gasteiger partial charge in [-0.05, 0) is 57.4 Å². The van der Waals surface area contributed by atoms with Crippen LogP contribution < -0.4 is 0 Å². The van der Waals surface area contributed by atoms with Crippen LogP contribution in [0.15, 0.2) is 53.1 Å². The molecule has 1 aromatic heterocycles. The molecule has 7 nitrogen and oxygen atoms in total. The Kier molecular flexibility index (Phi) is 9.81. The quantitative estimate of drug-likeness (QED) is 0.171. The standard InChI is InChI=1S/C31H44BrN3O4Si/c1-30(2,3)39-29(36)34-14-12-31(13-15-34,26-10-8-7-9-11-26)22-38-21-25-19-27(32)18-24-20-35(33-28(24)25)23-37-16-17-40(4,5)6/h7-11,18-20H,12-17,21-23H2,1-6H3. The number of amides is 1. The smallest absolute Gasteiger partial charge is 0.410 e. The van der Waals surface area contributed by atoms with E-state index in [-0.39, 0.29) is 11.5 Å². The molecular weight excluding hydrogens is 586 g/mol. The third-order valence-corrected chi connectivity index (χ3v) is 9.48. The second kappa shape index (κ2) is 12.8. The molecule has 0 aliphatic carbocycles. The molecule has 218 valence electrons. The third kappa shape index (κ3) is 8.41. The van der Waals surface area contributed by atoms with Crippen molar-refractivity contribution in [2.24, 2.45) is 0 Å². The van der Waals surface area contributed by atoms with E-state index in [4.69, 9.17) is 19.3 Å². The van der Waals surface area contributed by atoms with E-state index < -0.39 is 13.7 Å². The van der Waals surface area contributed by atoms with Crippen molar-refractivity contribution in [3.8, 4) is 0 Å². The normalized spacial score (nSPS) is 15.9. The number of aromatic nitrogens is 2. The summed E-state index contributed by atoms with van der Waals surface area (Å²) in [4.78, 5) is 14.5. The van der Waals surface area contributed by atoms with Gasteiger partial charge in [-0.2, -0.15) is 5.10 Å². The van der Waals surface area contributed by atoms with Gasteiger partial charge in [0.1, 0.15) is 12.3 Å². The van der Waals surface area contributed by atoms with Gasteiger partial charge in [0.25, 0.3) is 0 Å². The van der Waals surface area contributed by atoms with Crippen molar-refractivity contribution in [2.45, 2.75) is 83.7 Å². The van der Waals surface area contributed by atoms with Gasteiger partial charge < -0.3 is 19.1 Å². The van der Waals surface area contributed by atoms with Crippen LogP contribution in [0.25, 0.3) is 10.9 Å². The third-order valence-electron chi connectivity index (χ3n) is 7.31. The lowest BCUT2D eigenvalue weighted by Crippen LogP contribution is -2.48. The van der Waals surface area contributed by atoms with Gasteiger partial charge in [-0.15, -0.1) is 0 Å². The van der Waals surface area contributed by atoms with Crippen LogP contribution in [0, 0.1) is 0 Å². The Balaban J connectivity index is 1.43. The van der Waals surface area contributed by atoms with Crippen molar-refractivity contribution in [3.05, 3.63) is 64.3 Å². The molecule has 1 aliphatic rings. The summed E-state index contributed by atoms with van der Waals surface area (Å²) in [6.07, 6.45) is 3.42. The Morgan fingerprint density at radius 2 is 1.77 bits per heavy atom. The highest BCUT2D eigenvalue weighted by molar-refractivity contribution is 9.10. The predicted octanol–water partition coefficient (Wildman–Crippen LogP) is 7.60. The van der Waals surface area contributed by atoms with Crippen molar-refractivity contribution in [2.75, 3.05) is 26.3 Å². The molecule has 9 heteroatoms. The van der Waals surface area contributed by atoms with Crippen molar-refractivity contribution in [1.82, 2.24) is 14.7 Å². The molecule has 1 aliphatic heterocycles. The lowest BCUT2D eigenvalue weighted by atomic mass is 9.73. The molecular formula is C31H44BrN3O4Si. The number of hydrogen-bond acceptors (Lipinski definition) is 5. The average molecular weight is 631 g/mol. The van der Waals surface area contributed by atoms with Gasteiger partial charge in [-0.3, -0.25) is 0 Å². The number of piperidine rings is 1. The average Bonchev–Trinajstić information content (AvgIpc) is 3.29. The van der Waals surface area contributed by atoms with E-state index >= 15 is 0 Å². The second-order valence-corrected chi connectivity index (χ2v) is 19.7. The van der Waals surface area contributed by atoms with Crippen molar-refractivity contribution in [1.29, 1.82) is 0 Å². The van der Waals surface area contributed by atoms with E-state index in [1.165, 1.54) is 5.56 Å². The fraction of sp³-hybridized carbons (Fsp3) is 0.548.